The molecule has 13 heavy (non-hydrogen) atoms. The van der Waals surface area contributed by atoms with Crippen LogP contribution in [0.4, 0.5) is 5.69 Å². The van der Waals surface area contributed by atoms with Crippen molar-refractivity contribution in [2.75, 3.05) is 24.4 Å². The summed E-state index contributed by atoms with van der Waals surface area (Å²) in [6.45, 7) is 0.752. The predicted molar refractivity (Wildman–Crippen MR) is 60.5 cm³/mol. The Bertz CT molecular complexity index is 288. The van der Waals surface area contributed by atoms with Crippen LogP contribution in [0.2, 0.25) is 10.0 Å². The summed E-state index contributed by atoms with van der Waals surface area (Å²) in [6.07, 6.45) is 0. The van der Waals surface area contributed by atoms with Crippen molar-refractivity contribution in [3.05, 3.63) is 28.2 Å². The van der Waals surface area contributed by atoms with Crippen LogP contribution in [0.3, 0.4) is 0 Å². The summed E-state index contributed by atoms with van der Waals surface area (Å²) in [5, 5.41) is 1.15. The standard InChI is InChI=1S/C9H10Cl3N/c1-13(6-5-10)8-4-2-3-7(11)9(8)12/h2-4H,5-6H2,1H3. The van der Waals surface area contributed by atoms with E-state index < -0.39 is 0 Å². The first-order valence-electron chi connectivity index (χ1n) is 3.88. The number of halogens is 3. The van der Waals surface area contributed by atoms with Crippen molar-refractivity contribution in [2.24, 2.45) is 0 Å². The van der Waals surface area contributed by atoms with Gasteiger partial charge >= 0.3 is 0 Å². The molecule has 1 nitrogen and oxygen atoms in total. The maximum absolute atomic E-state index is 6.01. The van der Waals surface area contributed by atoms with E-state index in [9.17, 15) is 0 Å². The fourth-order valence-electron chi connectivity index (χ4n) is 1.03. The third kappa shape index (κ3) is 2.67. The van der Waals surface area contributed by atoms with Crippen LogP contribution < -0.4 is 4.90 Å². The SMILES string of the molecule is CN(CCCl)c1cccc(Cl)c1Cl. The van der Waals surface area contributed by atoms with Gasteiger partial charge in [-0.25, -0.2) is 0 Å². The molecule has 0 unspecified atom stereocenters. The molecule has 0 atom stereocenters. The molecular formula is C9H10Cl3N. The van der Waals surface area contributed by atoms with Crippen molar-refractivity contribution < 1.29 is 0 Å². The molecule has 0 saturated heterocycles. The average molecular weight is 239 g/mol. The van der Waals surface area contributed by atoms with Crippen LogP contribution in [-0.2, 0) is 0 Å². The van der Waals surface area contributed by atoms with Gasteiger partial charge in [0.05, 0.1) is 15.7 Å². The van der Waals surface area contributed by atoms with Crippen LogP contribution >= 0.6 is 34.8 Å². The highest BCUT2D eigenvalue weighted by Gasteiger charge is 2.07. The molecule has 0 bridgehead atoms. The maximum atomic E-state index is 6.01. The first-order chi connectivity index (χ1) is 6.16. The minimum absolute atomic E-state index is 0.569. The van der Waals surface area contributed by atoms with Crippen molar-refractivity contribution in [1.29, 1.82) is 0 Å². The summed E-state index contributed by atoms with van der Waals surface area (Å²) < 4.78 is 0. The highest BCUT2D eigenvalue weighted by Crippen LogP contribution is 2.31. The zero-order valence-electron chi connectivity index (χ0n) is 7.23. The Morgan fingerprint density at radius 2 is 2.00 bits per heavy atom. The molecule has 0 aliphatic carbocycles. The lowest BCUT2D eigenvalue weighted by Gasteiger charge is -2.19. The van der Waals surface area contributed by atoms with Crippen molar-refractivity contribution in [1.82, 2.24) is 0 Å². The molecule has 0 aromatic heterocycles. The van der Waals surface area contributed by atoms with E-state index in [1.807, 2.05) is 24.1 Å². The van der Waals surface area contributed by atoms with E-state index in [1.165, 1.54) is 0 Å². The first kappa shape index (κ1) is 11.0. The molecule has 0 spiro atoms. The van der Waals surface area contributed by atoms with Crippen molar-refractivity contribution in [3.8, 4) is 0 Å². The smallest absolute Gasteiger partial charge is 0.0825 e. The number of benzene rings is 1. The molecule has 0 N–H and O–H groups in total. The van der Waals surface area contributed by atoms with E-state index in [2.05, 4.69) is 0 Å². The van der Waals surface area contributed by atoms with Gasteiger partial charge in [-0.3, -0.25) is 0 Å². The third-order valence-corrected chi connectivity index (χ3v) is 2.74. The molecule has 1 aromatic rings. The van der Waals surface area contributed by atoms with Crippen LogP contribution in [0.25, 0.3) is 0 Å². The molecule has 0 saturated carbocycles. The van der Waals surface area contributed by atoms with E-state index in [0.717, 1.165) is 12.2 Å². The minimum Gasteiger partial charge on any atom is -0.372 e. The lowest BCUT2D eigenvalue weighted by atomic mass is 10.3. The summed E-state index contributed by atoms with van der Waals surface area (Å²) >= 11 is 17.5. The second-order valence-electron chi connectivity index (χ2n) is 2.68. The second kappa shape index (κ2) is 4.94. The van der Waals surface area contributed by atoms with Gasteiger partial charge in [0.1, 0.15) is 0 Å². The zero-order chi connectivity index (χ0) is 9.84. The van der Waals surface area contributed by atoms with E-state index in [0.29, 0.717) is 15.9 Å². The van der Waals surface area contributed by atoms with Gasteiger partial charge in [-0.15, -0.1) is 11.6 Å². The Morgan fingerprint density at radius 3 is 2.62 bits per heavy atom. The normalized spacial score (nSPS) is 10.2. The molecule has 0 fully saturated rings. The molecule has 4 heteroatoms. The molecule has 0 radical (unpaired) electrons. The quantitative estimate of drug-likeness (QED) is 0.726. The van der Waals surface area contributed by atoms with Crippen molar-refractivity contribution in [2.45, 2.75) is 0 Å². The number of rotatable bonds is 3. The summed E-state index contributed by atoms with van der Waals surface area (Å²) in [4.78, 5) is 1.97. The van der Waals surface area contributed by atoms with Gasteiger partial charge in [0, 0.05) is 19.5 Å². The Labute approximate surface area is 93.2 Å². The Hall–Kier alpha value is -0.110. The molecule has 0 aliphatic rings. The monoisotopic (exact) mass is 237 g/mol. The molecule has 0 heterocycles. The highest BCUT2D eigenvalue weighted by molar-refractivity contribution is 6.43. The Balaban J connectivity index is 2.93. The number of hydrogen-bond donors (Lipinski definition) is 0. The number of alkyl halides is 1. The van der Waals surface area contributed by atoms with Crippen molar-refractivity contribution in [3.63, 3.8) is 0 Å². The van der Waals surface area contributed by atoms with Crippen LogP contribution in [0.15, 0.2) is 18.2 Å². The Kier molecular flexibility index (Phi) is 4.17. The van der Waals surface area contributed by atoms with Gasteiger partial charge in [-0.1, -0.05) is 29.3 Å². The minimum atomic E-state index is 0.569. The fourth-order valence-corrected chi connectivity index (χ4v) is 1.73. The summed E-state index contributed by atoms with van der Waals surface area (Å²) in [6, 6.07) is 5.55. The van der Waals surface area contributed by atoms with Gasteiger partial charge in [-0.05, 0) is 12.1 Å². The molecule has 1 rings (SSSR count). The van der Waals surface area contributed by atoms with E-state index in [4.69, 9.17) is 34.8 Å². The summed E-state index contributed by atoms with van der Waals surface area (Å²) in [5.74, 6) is 0.569. The topological polar surface area (TPSA) is 3.24 Å². The maximum Gasteiger partial charge on any atom is 0.0825 e. The number of anilines is 1. The lowest BCUT2D eigenvalue weighted by molar-refractivity contribution is 0.974. The number of hydrogen-bond acceptors (Lipinski definition) is 1. The molecule has 1 aromatic carbocycles. The van der Waals surface area contributed by atoms with Crippen LogP contribution in [0, 0.1) is 0 Å². The third-order valence-electron chi connectivity index (χ3n) is 1.76. The summed E-state index contributed by atoms with van der Waals surface area (Å²) in [5.41, 5.74) is 0.912. The van der Waals surface area contributed by atoms with Gasteiger partial charge in [0.15, 0.2) is 0 Å². The van der Waals surface area contributed by atoms with Gasteiger partial charge in [-0.2, -0.15) is 0 Å². The van der Waals surface area contributed by atoms with Gasteiger partial charge in [0.25, 0.3) is 0 Å². The van der Waals surface area contributed by atoms with Gasteiger partial charge < -0.3 is 4.90 Å². The molecular weight excluding hydrogens is 228 g/mol. The van der Waals surface area contributed by atoms with E-state index in [1.54, 1.807) is 6.07 Å². The Morgan fingerprint density at radius 1 is 1.31 bits per heavy atom. The fraction of sp³-hybridized carbons (Fsp3) is 0.333. The molecule has 72 valence electrons. The molecule has 0 amide bonds. The first-order valence-corrected chi connectivity index (χ1v) is 5.17. The largest absolute Gasteiger partial charge is 0.372 e. The zero-order valence-corrected chi connectivity index (χ0v) is 9.50. The second-order valence-corrected chi connectivity index (χ2v) is 3.85. The van der Waals surface area contributed by atoms with Crippen LogP contribution in [0.1, 0.15) is 0 Å². The highest BCUT2D eigenvalue weighted by atomic mass is 35.5. The molecule has 0 aliphatic heterocycles. The van der Waals surface area contributed by atoms with Crippen molar-refractivity contribution >= 4 is 40.5 Å². The van der Waals surface area contributed by atoms with Crippen LogP contribution in [-0.4, -0.2) is 19.5 Å². The number of nitrogens with zero attached hydrogens (tertiary/aromatic N) is 1. The van der Waals surface area contributed by atoms with E-state index >= 15 is 0 Å². The van der Waals surface area contributed by atoms with Gasteiger partial charge in [0.2, 0.25) is 0 Å². The van der Waals surface area contributed by atoms with E-state index in [-0.39, 0.29) is 0 Å². The average Bonchev–Trinajstić information content (AvgIpc) is 2.10. The predicted octanol–water partition coefficient (Wildman–Crippen LogP) is 3.67. The summed E-state index contributed by atoms with van der Waals surface area (Å²) in [7, 11) is 1.93. The lowest BCUT2D eigenvalue weighted by Crippen LogP contribution is -2.19. The van der Waals surface area contributed by atoms with Crippen LogP contribution in [0.5, 0.6) is 0 Å².